The van der Waals surface area contributed by atoms with Gasteiger partial charge in [0, 0.05) is 33.3 Å². The first-order chi connectivity index (χ1) is 10.3. The quantitative estimate of drug-likeness (QED) is 0.282. The molecule has 1 unspecified atom stereocenters. The lowest BCUT2D eigenvalue weighted by Crippen LogP contribution is -2.41. The summed E-state index contributed by atoms with van der Waals surface area (Å²) in [7, 11) is 1.89. The van der Waals surface area contributed by atoms with Crippen LogP contribution in [0.3, 0.4) is 0 Å². The van der Waals surface area contributed by atoms with Gasteiger partial charge in [0.25, 0.3) is 0 Å². The molecule has 2 fully saturated rings. The van der Waals surface area contributed by atoms with Crippen LogP contribution in [-0.2, 0) is 4.74 Å². The molecule has 2 aliphatic rings. The molecule has 0 aromatic carbocycles. The van der Waals surface area contributed by atoms with Crippen molar-refractivity contribution in [1.29, 1.82) is 0 Å². The van der Waals surface area contributed by atoms with E-state index in [9.17, 15) is 0 Å². The second kappa shape index (κ2) is 10.7. The molecular weight excluding hydrogens is 389 g/mol. The van der Waals surface area contributed by atoms with Crippen LogP contribution in [0.1, 0.15) is 46.0 Å². The van der Waals surface area contributed by atoms with Gasteiger partial charge >= 0.3 is 0 Å². The molecule has 0 spiro atoms. The van der Waals surface area contributed by atoms with E-state index >= 15 is 0 Å². The summed E-state index contributed by atoms with van der Waals surface area (Å²) < 4.78 is 5.67. The fourth-order valence-electron chi connectivity index (χ4n) is 3.42. The van der Waals surface area contributed by atoms with Gasteiger partial charge in [0.1, 0.15) is 0 Å². The fraction of sp³-hybridized carbons (Fsp3) is 0.941. The average Bonchev–Trinajstić information content (AvgIpc) is 3.21. The highest BCUT2D eigenvalue weighted by Crippen LogP contribution is 2.29. The van der Waals surface area contributed by atoms with E-state index in [1.54, 1.807) is 0 Å². The van der Waals surface area contributed by atoms with Crippen LogP contribution >= 0.6 is 24.0 Å². The number of ether oxygens (including phenoxy) is 1. The van der Waals surface area contributed by atoms with Gasteiger partial charge in [-0.3, -0.25) is 4.99 Å². The zero-order valence-corrected chi connectivity index (χ0v) is 16.8. The number of hydrogen-bond donors (Lipinski definition) is 1. The first-order valence-corrected chi connectivity index (χ1v) is 8.81. The first-order valence-electron chi connectivity index (χ1n) is 8.81. The van der Waals surface area contributed by atoms with Crippen molar-refractivity contribution in [1.82, 2.24) is 10.2 Å². The summed E-state index contributed by atoms with van der Waals surface area (Å²) in [5.41, 5.74) is 0. The van der Waals surface area contributed by atoms with Crippen LogP contribution in [-0.4, -0.2) is 50.8 Å². The van der Waals surface area contributed by atoms with Gasteiger partial charge in [-0.25, -0.2) is 0 Å². The predicted molar refractivity (Wildman–Crippen MR) is 104 cm³/mol. The molecule has 1 heterocycles. The summed E-state index contributed by atoms with van der Waals surface area (Å²) in [6, 6.07) is 0. The van der Waals surface area contributed by atoms with Crippen molar-refractivity contribution in [2.45, 2.75) is 46.0 Å². The molecule has 22 heavy (non-hydrogen) atoms. The summed E-state index contributed by atoms with van der Waals surface area (Å²) >= 11 is 0. The van der Waals surface area contributed by atoms with Crippen molar-refractivity contribution < 1.29 is 4.74 Å². The molecule has 130 valence electrons. The lowest BCUT2D eigenvalue weighted by Gasteiger charge is -2.24. The maximum Gasteiger partial charge on any atom is 0.193 e. The second-order valence-electron chi connectivity index (χ2n) is 6.56. The molecule has 4 nitrogen and oxygen atoms in total. The Kier molecular flexibility index (Phi) is 9.71. The highest BCUT2D eigenvalue weighted by atomic mass is 127. The predicted octanol–water partition coefficient (Wildman–Crippen LogP) is 3.36. The van der Waals surface area contributed by atoms with Crippen molar-refractivity contribution in [2.75, 3.05) is 39.9 Å². The molecule has 1 atom stereocenters. The molecule has 0 radical (unpaired) electrons. The second-order valence-corrected chi connectivity index (χ2v) is 6.56. The largest absolute Gasteiger partial charge is 0.379 e. The van der Waals surface area contributed by atoms with Crippen molar-refractivity contribution in [3.8, 4) is 0 Å². The topological polar surface area (TPSA) is 36.9 Å². The summed E-state index contributed by atoms with van der Waals surface area (Å²) in [4.78, 5) is 6.86. The van der Waals surface area contributed by atoms with Gasteiger partial charge < -0.3 is 15.0 Å². The molecule has 0 aromatic rings. The minimum Gasteiger partial charge on any atom is -0.379 e. The normalized spacial score (nSPS) is 22.1. The molecule has 1 aliphatic carbocycles. The summed E-state index contributed by atoms with van der Waals surface area (Å²) in [5, 5.41) is 3.45. The van der Waals surface area contributed by atoms with Crippen molar-refractivity contribution in [2.24, 2.45) is 22.7 Å². The summed E-state index contributed by atoms with van der Waals surface area (Å²) in [5.74, 6) is 3.61. The van der Waals surface area contributed by atoms with Crippen molar-refractivity contribution >= 4 is 29.9 Å². The number of aliphatic imine (C=N–C) groups is 1. The molecule has 1 aliphatic heterocycles. The Hall–Kier alpha value is -0.0400. The molecule has 1 N–H and O–H groups in total. The number of guanidine groups is 1. The van der Waals surface area contributed by atoms with Crippen LogP contribution in [0.25, 0.3) is 0 Å². The van der Waals surface area contributed by atoms with E-state index < -0.39 is 0 Å². The Morgan fingerprint density at radius 2 is 2.00 bits per heavy atom. The third-order valence-corrected chi connectivity index (χ3v) is 5.03. The Morgan fingerprint density at radius 3 is 2.59 bits per heavy atom. The monoisotopic (exact) mass is 423 g/mol. The van der Waals surface area contributed by atoms with Gasteiger partial charge in [-0.1, -0.05) is 26.7 Å². The average molecular weight is 423 g/mol. The van der Waals surface area contributed by atoms with Crippen LogP contribution < -0.4 is 5.32 Å². The molecule has 2 rings (SSSR count). The van der Waals surface area contributed by atoms with E-state index in [0.29, 0.717) is 0 Å². The van der Waals surface area contributed by atoms with Crippen LogP contribution in [0.5, 0.6) is 0 Å². The van der Waals surface area contributed by atoms with Gasteiger partial charge in [0.15, 0.2) is 5.96 Å². The van der Waals surface area contributed by atoms with Crippen molar-refractivity contribution in [3.05, 3.63) is 0 Å². The van der Waals surface area contributed by atoms with Gasteiger partial charge in [-0.2, -0.15) is 0 Å². The van der Waals surface area contributed by atoms with Crippen LogP contribution in [0.4, 0.5) is 0 Å². The van der Waals surface area contributed by atoms with Crippen molar-refractivity contribution in [3.63, 3.8) is 0 Å². The van der Waals surface area contributed by atoms with Crippen LogP contribution in [0.15, 0.2) is 4.99 Å². The lowest BCUT2D eigenvalue weighted by molar-refractivity contribution is 0.128. The maximum absolute atomic E-state index is 5.67. The molecular formula is C17H34IN3O. The Balaban J connectivity index is 0.00000242. The fourth-order valence-corrected chi connectivity index (χ4v) is 3.42. The number of likely N-dealkylation sites (tertiary alicyclic amines) is 1. The number of halogens is 1. The third-order valence-electron chi connectivity index (χ3n) is 5.03. The molecule has 0 bridgehead atoms. The Labute approximate surface area is 153 Å². The Morgan fingerprint density at radius 1 is 1.27 bits per heavy atom. The van der Waals surface area contributed by atoms with E-state index in [1.807, 2.05) is 7.05 Å². The zero-order chi connectivity index (χ0) is 15.1. The Bertz CT molecular complexity index is 330. The van der Waals surface area contributed by atoms with E-state index in [2.05, 4.69) is 29.1 Å². The molecule has 1 saturated carbocycles. The highest BCUT2D eigenvalue weighted by Gasteiger charge is 2.29. The molecule has 0 amide bonds. The minimum atomic E-state index is 0. The minimum absolute atomic E-state index is 0. The SMILES string of the molecule is CCC(CC)C1CCN(C(=NC)NCCOCC2CC2)C1.I. The van der Waals surface area contributed by atoms with Crippen LogP contribution in [0, 0.1) is 17.8 Å². The number of nitrogens with zero attached hydrogens (tertiary/aromatic N) is 2. The van der Waals surface area contributed by atoms with E-state index in [-0.39, 0.29) is 24.0 Å². The van der Waals surface area contributed by atoms with Gasteiger partial charge in [-0.15, -0.1) is 24.0 Å². The van der Waals surface area contributed by atoms with E-state index in [1.165, 1.54) is 32.1 Å². The molecule has 5 heteroatoms. The number of nitrogens with one attached hydrogen (secondary N) is 1. The number of hydrogen-bond acceptors (Lipinski definition) is 2. The number of rotatable bonds is 8. The molecule has 0 aromatic heterocycles. The first kappa shape index (κ1) is 20.0. The summed E-state index contributed by atoms with van der Waals surface area (Å²) in [6.45, 7) is 9.55. The standard InChI is InChI=1S/C17H33N3O.HI/c1-4-15(5-2)16-8-10-20(12-16)17(18-3)19-9-11-21-13-14-6-7-14;/h14-16H,4-13H2,1-3H3,(H,18,19);1H. The highest BCUT2D eigenvalue weighted by molar-refractivity contribution is 14.0. The lowest BCUT2D eigenvalue weighted by atomic mass is 9.87. The van der Waals surface area contributed by atoms with E-state index in [0.717, 1.165) is 56.6 Å². The molecule has 1 saturated heterocycles. The third kappa shape index (κ3) is 6.22. The maximum atomic E-state index is 5.67. The smallest absolute Gasteiger partial charge is 0.193 e. The zero-order valence-electron chi connectivity index (χ0n) is 14.5. The van der Waals surface area contributed by atoms with Gasteiger partial charge in [0.05, 0.1) is 6.61 Å². The van der Waals surface area contributed by atoms with Gasteiger partial charge in [0.2, 0.25) is 0 Å². The van der Waals surface area contributed by atoms with Crippen LogP contribution in [0.2, 0.25) is 0 Å². The van der Waals surface area contributed by atoms with E-state index in [4.69, 9.17) is 4.74 Å². The summed E-state index contributed by atoms with van der Waals surface area (Å²) in [6.07, 6.45) is 6.64. The van der Waals surface area contributed by atoms with Gasteiger partial charge in [-0.05, 0) is 37.0 Å².